The number of pyridine rings is 1. The SMILES string of the molecule is CCC(CCN)Nc1ccnc(C(=O)N(CC)CC)c1. The fourth-order valence-corrected chi connectivity index (χ4v) is 2.13. The Balaban J connectivity index is 2.82. The third-order valence-electron chi connectivity index (χ3n) is 3.41. The van der Waals surface area contributed by atoms with Gasteiger partial charge in [0.1, 0.15) is 5.69 Å². The molecule has 1 amide bonds. The molecule has 1 atom stereocenters. The molecule has 1 aromatic heterocycles. The average Bonchev–Trinajstić information content (AvgIpc) is 2.48. The number of carbonyl (C=O) groups excluding carboxylic acids is 1. The van der Waals surface area contributed by atoms with Crippen molar-refractivity contribution in [1.82, 2.24) is 9.88 Å². The smallest absolute Gasteiger partial charge is 0.272 e. The second-order valence-corrected chi connectivity index (χ2v) is 4.73. The maximum Gasteiger partial charge on any atom is 0.272 e. The third kappa shape index (κ3) is 4.49. The Hall–Kier alpha value is -1.62. The molecule has 20 heavy (non-hydrogen) atoms. The molecule has 1 aromatic rings. The summed E-state index contributed by atoms with van der Waals surface area (Å²) in [5.41, 5.74) is 7.01. The number of rotatable bonds is 8. The zero-order valence-corrected chi connectivity index (χ0v) is 12.7. The van der Waals surface area contributed by atoms with Crippen LogP contribution in [0.2, 0.25) is 0 Å². The van der Waals surface area contributed by atoms with Gasteiger partial charge in [-0.15, -0.1) is 0 Å². The normalized spacial score (nSPS) is 12.0. The maximum atomic E-state index is 12.3. The Morgan fingerprint density at radius 1 is 1.40 bits per heavy atom. The van der Waals surface area contributed by atoms with Gasteiger partial charge in [-0.1, -0.05) is 6.92 Å². The molecule has 0 aliphatic rings. The van der Waals surface area contributed by atoms with E-state index in [1.54, 1.807) is 11.1 Å². The summed E-state index contributed by atoms with van der Waals surface area (Å²) in [5.74, 6) is -0.0227. The van der Waals surface area contributed by atoms with E-state index < -0.39 is 0 Å². The van der Waals surface area contributed by atoms with Crippen LogP contribution in [0, 0.1) is 0 Å². The van der Waals surface area contributed by atoms with Gasteiger partial charge in [-0.3, -0.25) is 9.78 Å². The first-order chi connectivity index (χ1) is 9.65. The van der Waals surface area contributed by atoms with Crippen LogP contribution in [0.5, 0.6) is 0 Å². The molecular formula is C15H26N4O. The highest BCUT2D eigenvalue weighted by Crippen LogP contribution is 2.13. The summed E-state index contributed by atoms with van der Waals surface area (Å²) in [5, 5.41) is 3.41. The second kappa shape index (κ2) is 8.53. The fourth-order valence-electron chi connectivity index (χ4n) is 2.13. The maximum absolute atomic E-state index is 12.3. The van der Waals surface area contributed by atoms with E-state index in [2.05, 4.69) is 17.2 Å². The quantitative estimate of drug-likeness (QED) is 0.764. The number of amides is 1. The van der Waals surface area contributed by atoms with Crippen molar-refractivity contribution in [2.75, 3.05) is 25.0 Å². The predicted octanol–water partition coefficient (Wildman–Crippen LogP) is 2.10. The van der Waals surface area contributed by atoms with Gasteiger partial charge in [0.25, 0.3) is 5.91 Å². The number of anilines is 1. The first-order valence-electron chi connectivity index (χ1n) is 7.38. The van der Waals surface area contributed by atoms with Gasteiger partial charge < -0.3 is 16.0 Å². The van der Waals surface area contributed by atoms with Crippen molar-refractivity contribution in [1.29, 1.82) is 0 Å². The molecule has 1 unspecified atom stereocenters. The first-order valence-corrected chi connectivity index (χ1v) is 7.38. The number of hydrogen-bond donors (Lipinski definition) is 2. The van der Waals surface area contributed by atoms with Crippen molar-refractivity contribution in [3.63, 3.8) is 0 Å². The molecular weight excluding hydrogens is 252 g/mol. The lowest BCUT2D eigenvalue weighted by Gasteiger charge is -2.20. The molecule has 0 saturated carbocycles. The zero-order chi connectivity index (χ0) is 15.0. The van der Waals surface area contributed by atoms with E-state index in [-0.39, 0.29) is 5.91 Å². The van der Waals surface area contributed by atoms with Gasteiger partial charge in [0.05, 0.1) is 0 Å². The zero-order valence-electron chi connectivity index (χ0n) is 12.7. The van der Waals surface area contributed by atoms with Crippen LogP contribution < -0.4 is 11.1 Å². The molecule has 3 N–H and O–H groups in total. The van der Waals surface area contributed by atoms with Gasteiger partial charge in [0.2, 0.25) is 0 Å². The molecule has 0 bridgehead atoms. The summed E-state index contributed by atoms with van der Waals surface area (Å²) in [6.07, 6.45) is 3.59. The highest BCUT2D eigenvalue weighted by molar-refractivity contribution is 5.93. The average molecular weight is 278 g/mol. The monoisotopic (exact) mass is 278 g/mol. The highest BCUT2D eigenvalue weighted by Gasteiger charge is 2.14. The number of hydrogen-bond acceptors (Lipinski definition) is 4. The van der Waals surface area contributed by atoms with Crippen molar-refractivity contribution in [2.24, 2.45) is 5.73 Å². The number of nitrogens with two attached hydrogens (primary N) is 1. The van der Waals surface area contributed by atoms with Crippen LogP contribution in [0.3, 0.4) is 0 Å². The van der Waals surface area contributed by atoms with Gasteiger partial charge in [-0.2, -0.15) is 0 Å². The molecule has 0 saturated heterocycles. The number of carbonyl (C=O) groups is 1. The van der Waals surface area contributed by atoms with Crippen LogP contribution in [-0.2, 0) is 0 Å². The minimum absolute atomic E-state index is 0.0227. The van der Waals surface area contributed by atoms with Crippen molar-refractivity contribution < 1.29 is 4.79 Å². The lowest BCUT2D eigenvalue weighted by molar-refractivity contribution is 0.0767. The van der Waals surface area contributed by atoms with Crippen LogP contribution in [0.25, 0.3) is 0 Å². The Morgan fingerprint density at radius 3 is 2.65 bits per heavy atom. The summed E-state index contributed by atoms with van der Waals surface area (Å²) >= 11 is 0. The van der Waals surface area contributed by atoms with Crippen LogP contribution in [0.1, 0.15) is 44.1 Å². The number of nitrogens with zero attached hydrogens (tertiary/aromatic N) is 2. The summed E-state index contributed by atoms with van der Waals surface area (Å²) in [6.45, 7) is 8.10. The van der Waals surface area contributed by atoms with E-state index in [0.717, 1.165) is 18.5 Å². The van der Waals surface area contributed by atoms with Crippen LogP contribution >= 0.6 is 0 Å². The van der Waals surface area contributed by atoms with Crippen molar-refractivity contribution in [3.8, 4) is 0 Å². The lowest BCUT2D eigenvalue weighted by atomic mass is 10.1. The van der Waals surface area contributed by atoms with E-state index >= 15 is 0 Å². The van der Waals surface area contributed by atoms with Gasteiger partial charge in [0, 0.05) is 31.0 Å². The van der Waals surface area contributed by atoms with Gasteiger partial charge in [-0.25, -0.2) is 0 Å². The largest absolute Gasteiger partial charge is 0.382 e. The molecule has 0 aliphatic carbocycles. The highest BCUT2D eigenvalue weighted by atomic mass is 16.2. The second-order valence-electron chi connectivity index (χ2n) is 4.73. The van der Waals surface area contributed by atoms with E-state index in [4.69, 9.17) is 5.73 Å². The fraction of sp³-hybridized carbons (Fsp3) is 0.600. The Kier molecular flexibility index (Phi) is 7.01. The molecule has 0 fully saturated rings. The molecule has 0 aliphatic heterocycles. The Morgan fingerprint density at radius 2 is 2.10 bits per heavy atom. The molecule has 1 heterocycles. The van der Waals surface area contributed by atoms with E-state index in [1.165, 1.54) is 0 Å². The predicted molar refractivity (Wildman–Crippen MR) is 82.9 cm³/mol. The first kappa shape index (κ1) is 16.4. The number of aromatic nitrogens is 1. The number of nitrogens with one attached hydrogen (secondary N) is 1. The minimum Gasteiger partial charge on any atom is -0.382 e. The molecule has 0 spiro atoms. The van der Waals surface area contributed by atoms with Crippen LogP contribution in [-0.4, -0.2) is 41.5 Å². The van der Waals surface area contributed by atoms with Gasteiger partial charge in [0.15, 0.2) is 0 Å². The summed E-state index contributed by atoms with van der Waals surface area (Å²) in [6, 6.07) is 4.04. The minimum atomic E-state index is -0.0227. The molecule has 1 rings (SSSR count). The van der Waals surface area contributed by atoms with Crippen molar-refractivity contribution in [2.45, 2.75) is 39.7 Å². The molecule has 5 heteroatoms. The molecule has 5 nitrogen and oxygen atoms in total. The summed E-state index contributed by atoms with van der Waals surface area (Å²) < 4.78 is 0. The Labute approximate surface area is 121 Å². The van der Waals surface area contributed by atoms with Crippen molar-refractivity contribution >= 4 is 11.6 Å². The van der Waals surface area contributed by atoms with Crippen LogP contribution in [0.15, 0.2) is 18.3 Å². The third-order valence-corrected chi connectivity index (χ3v) is 3.41. The van der Waals surface area contributed by atoms with Gasteiger partial charge >= 0.3 is 0 Å². The van der Waals surface area contributed by atoms with E-state index in [0.29, 0.717) is 31.4 Å². The summed E-state index contributed by atoms with van der Waals surface area (Å²) in [7, 11) is 0. The van der Waals surface area contributed by atoms with E-state index in [9.17, 15) is 4.79 Å². The standard InChI is InChI=1S/C15H26N4O/c1-4-12(7-9-16)18-13-8-10-17-14(11-13)15(20)19(5-2)6-3/h8,10-12H,4-7,9,16H2,1-3H3,(H,17,18). The van der Waals surface area contributed by atoms with E-state index in [1.807, 2.05) is 26.0 Å². The van der Waals surface area contributed by atoms with Gasteiger partial charge in [-0.05, 0) is 45.4 Å². The molecule has 0 radical (unpaired) electrons. The lowest BCUT2D eigenvalue weighted by Crippen LogP contribution is -2.31. The molecule has 0 aromatic carbocycles. The van der Waals surface area contributed by atoms with Crippen LogP contribution in [0.4, 0.5) is 5.69 Å². The molecule has 112 valence electrons. The summed E-state index contributed by atoms with van der Waals surface area (Å²) in [4.78, 5) is 18.2. The Bertz CT molecular complexity index is 418. The van der Waals surface area contributed by atoms with Crippen molar-refractivity contribution in [3.05, 3.63) is 24.0 Å². The topological polar surface area (TPSA) is 71.2 Å².